The highest BCUT2D eigenvalue weighted by atomic mass is 16.6. The highest BCUT2D eigenvalue weighted by Gasteiger charge is 2.41. The number of ether oxygens (including phenoxy) is 4. The summed E-state index contributed by atoms with van der Waals surface area (Å²) in [7, 11) is 4.58. The van der Waals surface area contributed by atoms with Crippen molar-refractivity contribution in [2.45, 2.75) is 31.7 Å². The molecule has 0 bridgehead atoms. The van der Waals surface area contributed by atoms with Crippen LogP contribution in [0.1, 0.15) is 30.4 Å². The van der Waals surface area contributed by atoms with Crippen LogP contribution in [0.2, 0.25) is 0 Å². The van der Waals surface area contributed by atoms with Crippen LogP contribution < -0.4 is 14.2 Å². The minimum Gasteiger partial charge on any atom is -0.493 e. The van der Waals surface area contributed by atoms with Gasteiger partial charge in [0.05, 0.1) is 33.3 Å². The Morgan fingerprint density at radius 2 is 1.73 bits per heavy atom. The molecule has 0 spiro atoms. The third-order valence-corrected chi connectivity index (χ3v) is 5.31. The molecule has 2 amide bonds. The van der Waals surface area contributed by atoms with Crippen molar-refractivity contribution in [2.24, 2.45) is 0 Å². The molecule has 2 aromatic carbocycles. The minimum atomic E-state index is -0.605. The molecule has 3 rings (SSSR count). The third kappa shape index (κ3) is 4.20. The van der Waals surface area contributed by atoms with E-state index in [1.807, 2.05) is 37.3 Å². The average Bonchev–Trinajstić information content (AvgIpc) is 3.13. The molecule has 1 heterocycles. The molecule has 0 N–H and O–H groups in total. The molecule has 0 radical (unpaired) electrons. The summed E-state index contributed by atoms with van der Waals surface area (Å²) in [5.74, 6) is 0.525. The van der Waals surface area contributed by atoms with Crippen molar-refractivity contribution < 1.29 is 28.5 Å². The van der Waals surface area contributed by atoms with Gasteiger partial charge >= 0.3 is 6.09 Å². The topological polar surface area (TPSA) is 74.3 Å². The summed E-state index contributed by atoms with van der Waals surface area (Å²) in [6, 6.07) is 12.9. The average molecular weight is 413 g/mol. The van der Waals surface area contributed by atoms with Crippen LogP contribution in [0.5, 0.6) is 17.2 Å². The number of nitrogens with zero attached hydrogens (tertiary/aromatic N) is 1. The van der Waals surface area contributed by atoms with Crippen molar-refractivity contribution in [3.8, 4) is 17.2 Å². The Labute approximate surface area is 176 Å². The zero-order valence-corrected chi connectivity index (χ0v) is 17.7. The predicted molar refractivity (Wildman–Crippen MR) is 111 cm³/mol. The van der Waals surface area contributed by atoms with Gasteiger partial charge < -0.3 is 18.9 Å². The first-order valence-corrected chi connectivity index (χ1v) is 9.87. The van der Waals surface area contributed by atoms with Gasteiger partial charge in [-0.05, 0) is 36.1 Å². The number of hydrogen-bond donors (Lipinski definition) is 0. The Hall–Kier alpha value is -3.22. The predicted octanol–water partition coefficient (Wildman–Crippen LogP) is 3.80. The van der Waals surface area contributed by atoms with Gasteiger partial charge in [0.15, 0.2) is 11.5 Å². The zero-order chi connectivity index (χ0) is 21.7. The summed E-state index contributed by atoms with van der Waals surface area (Å²) < 4.78 is 21.4. The molecule has 7 nitrogen and oxygen atoms in total. The normalized spacial score (nSPS) is 16.7. The fraction of sp³-hybridized carbons (Fsp3) is 0.391. The van der Waals surface area contributed by atoms with Crippen LogP contribution >= 0.6 is 0 Å². The van der Waals surface area contributed by atoms with E-state index in [9.17, 15) is 9.59 Å². The second-order valence-electron chi connectivity index (χ2n) is 7.05. The molecule has 160 valence electrons. The van der Waals surface area contributed by atoms with Gasteiger partial charge in [0.25, 0.3) is 0 Å². The van der Waals surface area contributed by atoms with Gasteiger partial charge in [0, 0.05) is 0 Å². The van der Waals surface area contributed by atoms with Gasteiger partial charge in [0.2, 0.25) is 11.7 Å². The van der Waals surface area contributed by atoms with Crippen LogP contribution in [-0.4, -0.2) is 50.9 Å². The first-order valence-electron chi connectivity index (χ1n) is 9.87. The zero-order valence-electron chi connectivity index (χ0n) is 17.7. The van der Waals surface area contributed by atoms with Crippen LogP contribution in [-0.2, 0) is 16.0 Å². The molecule has 30 heavy (non-hydrogen) atoms. The van der Waals surface area contributed by atoms with E-state index >= 15 is 0 Å². The Balaban J connectivity index is 1.92. The highest BCUT2D eigenvalue weighted by molar-refractivity contribution is 5.97. The van der Waals surface area contributed by atoms with Gasteiger partial charge in [-0.3, -0.25) is 4.79 Å². The molecule has 2 unspecified atom stereocenters. The third-order valence-electron chi connectivity index (χ3n) is 5.31. The minimum absolute atomic E-state index is 0.186. The number of carbonyl (C=O) groups is 2. The fourth-order valence-electron chi connectivity index (χ4n) is 3.79. The molecule has 0 aromatic heterocycles. The molecule has 1 aliphatic rings. The molecule has 1 fully saturated rings. The molecular formula is C23H27NO6. The SMILES string of the molecule is CCC(C(=O)N1C(=O)OCC1Cc1ccccc1)c1cc(OC)c(OC)c(OC)c1. The fourth-order valence-corrected chi connectivity index (χ4v) is 3.79. The van der Waals surface area contributed by atoms with Crippen molar-refractivity contribution >= 4 is 12.0 Å². The number of methoxy groups -OCH3 is 3. The lowest BCUT2D eigenvalue weighted by Gasteiger charge is -2.25. The summed E-state index contributed by atoms with van der Waals surface area (Å²) in [5, 5.41) is 0. The summed E-state index contributed by atoms with van der Waals surface area (Å²) in [6.07, 6.45) is 0.440. The van der Waals surface area contributed by atoms with Crippen molar-refractivity contribution in [1.82, 2.24) is 4.90 Å². The molecule has 0 aliphatic carbocycles. The van der Waals surface area contributed by atoms with Gasteiger partial charge in [-0.25, -0.2) is 9.69 Å². The molecule has 0 saturated carbocycles. The smallest absolute Gasteiger partial charge is 0.417 e. The van der Waals surface area contributed by atoms with E-state index in [2.05, 4.69) is 0 Å². The number of rotatable bonds is 8. The second-order valence-corrected chi connectivity index (χ2v) is 7.05. The van der Waals surface area contributed by atoms with Crippen LogP contribution in [0.25, 0.3) is 0 Å². The molecule has 7 heteroatoms. The van der Waals surface area contributed by atoms with Gasteiger partial charge in [-0.15, -0.1) is 0 Å². The Kier molecular flexibility index (Phi) is 6.82. The van der Waals surface area contributed by atoms with Crippen molar-refractivity contribution in [1.29, 1.82) is 0 Å². The van der Waals surface area contributed by atoms with E-state index < -0.39 is 12.0 Å². The summed E-state index contributed by atoms with van der Waals surface area (Å²) in [6.45, 7) is 2.09. The number of imide groups is 1. The Morgan fingerprint density at radius 1 is 1.10 bits per heavy atom. The van der Waals surface area contributed by atoms with Crippen molar-refractivity contribution in [2.75, 3.05) is 27.9 Å². The maximum Gasteiger partial charge on any atom is 0.417 e. The Morgan fingerprint density at radius 3 is 2.27 bits per heavy atom. The van der Waals surface area contributed by atoms with Crippen LogP contribution in [0, 0.1) is 0 Å². The first kappa shape index (κ1) is 21.5. The molecular weight excluding hydrogens is 386 g/mol. The first-order chi connectivity index (χ1) is 14.5. The van der Waals surface area contributed by atoms with Crippen LogP contribution in [0.4, 0.5) is 4.79 Å². The summed E-state index contributed by atoms with van der Waals surface area (Å²) >= 11 is 0. The number of hydrogen-bond acceptors (Lipinski definition) is 6. The van der Waals surface area contributed by atoms with Crippen LogP contribution in [0.15, 0.2) is 42.5 Å². The quantitative estimate of drug-likeness (QED) is 0.655. The maximum atomic E-state index is 13.5. The lowest BCUT2D eigenvalue weighted by Crippen LogP contribution is -2.42. The monoisotopic (exact) mass is 413 g/mol. The van der Waals surface area contributed by atoms with Crippen molar-refractivity contribution in [3.05, 3.63) is 53.6 Å². The molecule has 1 saturated heterocycles. The maximum absolute atomic E-state index is 13.5. The molecule has 1 aliphatic heterocycles. The van der Waals surface area contributed by atoms with Gasteiger partial charge in [0.1, 0.15) is 6.61 Å². The molecule has 2 aromatic rings. The van der Waals surface area contributed by atoms with Crippen LogP contribution in [0.3, 0.4) is 0 Å². The second kappa shape index (κ2) is 9.52. The number of amides is 2. The van der Waals surface area contributed by atoms with Crippen molar-refractivity contribution in [3.63, 3.8) is 0 Å². The summed E-state index contributed by atoms with van der Waals surface area (Å²) in [4.78, 5) is 27.1. The number of cyclic esters (lactones) is 1. The highest BCUT2D eigenvalue weighted by Crippen LogP contribution is 2.41. The number of benzene rings is 2. The lowest BCUT2D eigenvalue weighted by molar-refractivity contribution is -0.130. The van der Waals surface area contributed by atoms with Gasteiger partial charge in [-0.2, -0.15) is 0 Å². The summed E-state index contributed by atoms with van der Waals surface area (Å²) in [5.41, 5.74) is 1.73. The van der Waals surface area contributed by atoms with E-state index in [4.69, 9.17) is 18.9 Å². The van der Waals surface area contributed by atoms with Gasteiger partial charge in [-0.1, -0.05) is 37.3 Å². The number of carbonyl (C=O) groups excluding carboxylic acids is 2. The van der Waals surface area contributed by atoms with E-state index in [0.29, 0.717) is 35.7 Å². The largest absolute Gasteiger partial charge is 0.493 e. The van der Waals surface area contributed by atoms with E-state index in [1.54, 1.807) is 12.1 Å². The van der Waals surface area contributed by atoms with E-state index in [0.717, 1.165) is 5.56 Å². The Bertz CT molecular complexity index is 873. The van der Waals surface area contributed by atoms with E-state index in [1.165, 1.54) is 26.2 Å². The molecule has 2 atom stereocenters. The standard InChI is InChI=1S/C23H27NO6/c1-5-18(16-12-19(27-2)21(29-4)20(13-16)28-3)22(25)24-17(14-30-23(24)26)11-15-9-7-6-8-10-15/h6-10,12-13,17-18H,5,11,14H2,1-4H3. The van der Waals surface area contributed by atoms with E-state index in [-0.39, 0.29) is 18.6 Å². The lowest BCUT2D eigenvalue weighted by atomic mass is 9.93.